The van der Waals surface area contributed by atoms with Crippen LogP contribution in [-0.4, -0.2) is 36.8 Å². The van der Waals surface area contributed by atoms with Crippen molar-refractivity contribution in [3.05, 3.63) is 42.1 Å². The lowest BCUT2D eigenvalue weighted by molar-refractivity contribution is 0.0547. The molecule has 1 atom stereocenters. The average molecular weight is 325 g/mol. The summed E-state index contributed by atoms with van der Waals surface area (Å²) in [6.07, 6.45) is 5.87. The molecule has 1 spiro atoms. The average Bonchev–Trinajstić information content (AvgIpc) is 3.25. The molecule has 1 unspecified atom stereocenters. The van der Waals surface area contributed by atoms with Crippen LogP contribution >= 0.6 is 0 Å². The lowest BCUT2D eigenvalue weighted by Crippen LogP contribution is -2.40. The van der Waals surface area contributed by atoms with Crippen molar-refractivity contribution in [2.45, 2.75) is 31.7 Å². The summed E-state index contributed by atoms with van der Waals surface area (Å²) in [5, 5.41) is 7.23. The molecule has 1 saturated carbocycles. The SMILES string of the molecule is O=C(NCCc1ccc2ncccc2c1)NC1CC12CCOCC2. The number of pyridine rings is 1. The molecule has 2 aromatic rings. The quantitative estimate of drug-likeness (QED) is 0.908. The van der Waals surface area contributed by atoms with Gasteiger partial charge in [-0.3, -0.25) is 4.98 Å². The summed E-state index contributed by atoms with van der Waals surface area (Å²) in [5.74, 6) is 0. The van der Waals surface area contributed by atoms with Gasteiger partial charge < -0.3 is 15.4 Å². The predicted molar refractivity (Wildman–Crippen MR) is 92.9 cm³/mol. The van der Waals surface area contributed by atoms with Crippen LogP contribution in [0.2, 0.25) is 0 Å². The highest BCUT2D eigenvalue weighted by atomic mass is 16.5. The van der Waals surface area contributed by atoms with Gasteiger partial charge in [0.05, 0.1) is 5.52 Å². The second-order valence-corrected chi connectivity index (χ2v) is 6.91. The number of carbonyl (C=O) groups excluding carboxylic acids is 1. The van der Waals surface area contributed by atoms with Gasteiger partial charge in [0.15, 0.2) is 0 Å². The molecule has 5 heteroatoms. The van der Waals surface area contributed by atoms with Gasteiger partial charge in [-0.05, 0) is 54.9 Å². The van der Waals surface area contributed by atoms with Gasteiger partial charge in [-0.15, -0.1) is 0 Å². The van der Waals surface area contributed by atoms with Crippen molar-refractivity contribution in [3.63, 3.8) is 0 Å². The van der Waals surface area contributed by atoms with Crippen LogP contribution in [0.5, 0.6) is 0 Å². The lowest BCUT2D eigenvalue weighted by atomic mass is 9.96. The van der Waals surface area contributed by atoms with Gasteiger partial charge >= 0.3 is 6.03 Å². The minimum atomic E-state index is -0.0502. The van der Waals surface area contributed by atoms with E-state index in [9.17, 15) is 4.79 Å². The van der Waals surface area contributed by atoms with E-state index in [0.29, 0.717) is 18.0 Å². The first-order valence-electron chi connectivity index (χ1n) is 8.71. The molecule has 2 fully saturated rings. The van der Waals surface area contributed by atoms with Crippen molar-refractivity contribution in [2.24, 2.45) is 5.41 Å². The van der Waals surface area contributed by atoms with Gasteiger partial charge in [-0.1, -0.05) is 12.1 Å². The first-order valence-corrected chi connectivity index (χ1v) is 8.71. The highest BCUT2D eigenvalue weighted by Crippen LogP contribution is 2.53. The van der Waals surface area contributed by atoms with E-state index in [0.717, 1.165) is 49.8 Å². The topological polar surface area (TPSA) is 63.2 Å². The number of amides is 2. The minimum absolute atomic E-state index is 0.0502. The van der Waals surface area contributed by atoms with Gasteiger partial charge in [0, 0.05) is 37.4 Å². The zero-order valence-corrected chi connectivity index (χ0v) is 13.8. The Balaban J connectivity index is 1.24. The van der Waals surface area contributed by atoms with Crippen LogP contribution in [0.1, 0.15) is 24.8 Å². The monoisotopic (exact) mass is 325 g/mol. The normalized spacial score (nSPS) is 21.6. The molecule has 2 N–H and O–H groups in total. The maximum Gasteiger partial charge on any atom is 0.315 e. The summed E-state index contributed by atoms with van der Waals surface area (Å²) in [7, 11) is 0. The number of hydrogen-bond acceptors (Lipinski definition) is 3. The van der Waals surface area contributed by atoms with Crippen molar-refractivity contribution >= 4 is 16.9 Å². The summed E-state index contributed by atoms with van der Waals surface area (Å²) >= 11 is 0. The fourth-order valence-corrected chi connectivity index (χ4v) is 3.69. The molecule has 1 saturated heterocycles. The van der Waals surface area contributed by atoms with Gasteiger partial charge in [0.25, 0.3) is 0 Å². The number of benzene rings is 1. The number of nitrogens with zero attached hydrogens (tertiary/aromatic N) is 1. The number of ether oxygens (including phenoxy) is 1. The number of rotatable bonds is 4. The van der Waals surface area contributed by atoms with Crippen LogP contribution in [0.4, 0.5) is 4.79 Å². The van der Waals surface area contributed by atoms with Crippen molar-refractivity contribution in [2.75, 3.05) is 19.8 Å². The highest BCUT2D eigenvalue weighted by molar-refractivity contribution is 5.79. The Morgan fingerprint density at radius 1 is 1.29 bits per heavy atom. The fourth-order valence-electron chi connectivity index (χ4n) is 3.69. The van der Waals surface area contributed by atoms with E-state index >= 15 is 0 Å². The Morgan fingerprint density at radius 2 is 2.17 bits per heavy atom. The van der Waals surface area contributed by atoms with Crippen LogP contribution in [-0.2, 0) is 11.2 Å². The van der Waals surface area contributed by atoms with E-state index in [4.69, 9.17) is 4.74 Å². The van der Waals surface area contributed by atoms with E-state index < -0.39 is 0 Å². The van der Waals surface area contributed by atoms with E-state index in [1.807, 2.05) is 12.1 Å². The third-order valence-corrected chi connectivity index (χ3v) is 5.35. The Morgan fingerprint density at radius 3 is 3.04 bits per heavy atom. The zero-order chi connectivity index (χ0) is 16.4. The Labute approximate surface area is 141 Å². The molecule has 2 heterocycles. The molecular formula is C19H23N3O2. The smallest absolute Gasteiger partial charge is 0.315 e. The summed E-state index contributed by atoms with van der Waals surface area (Å²) in [4.78, 5) is 16.4. The lowest BCUT2D eigenvalue weighted by Gasteiger charge is -2.22. The molecule has 2 aliphatic rings. The first-order chi connectivity index (χ1) is 11.8. The second-order valence-electron chi connectivity index (χ2n) is 6.91. The van der Waals surface area contributed by atoms with E-state index in [1.165, 1.54) is 5.56 Å². The van der Waals surface area contributed by atoms with Gasteiger partial charge in [0.2, 0.25) is 0 Å². The largest absolute Gasteiger partial charge is 0.381 e. The van der Waals surface area contributed by atoms with E-state index in [1.54, 1.807) is 6.20 Å². The molecule has 0 radical (unpaired) electrons. The maximum absolute atomic E-state index is 12.1. The maximum atomic E-state index is 12.1. The third-order valence-electron chi connectivity index (χ3n) is 5.35. The molecular weight excluding hydrogens is 302 g/mol. The van der Waals surface area contributed by atoms with Crippen LogP contribution < -0.4 is 10.6 Å². The number of aromatic nitrogens is 1. The third kappa shape index (κ3) is 3.22. The standard InChI is InChI=1S/C19H23N3O2/c23-18(22-17-13-19(17)6-10-24-11-7-19)21-9-5-14-3-4-16-15(12-14)2-1-8-20-16/h1-4,8,12,17H,5-7,9-11,13H2,(H2,21,22,23). The number of fused-ring (bicyclic) bond motifs is 1. The van der Waals surface area contributed by atoms with Gasteiger partial charge in [0.1, 0.15) is 0 Å². The first kappa shape index (κ1) is 15.4. The molecule has 1 aliphatic heterocycles. The number of nitrogens with one attached hydrogen (secondary N) is 2. The highest BCUT2D eigenvalue weighted by Gasteiger charge is 2.54. The van der Waals surface area contributed by atoms with Crippen molar-refractivity contribution < 1.29 is 9.53 Å². The predicted octanol–water partition coefficient (Wildman–Crippen LogP) is 2.65. The van der Waals surface area contributed by atoms with Crippen molar-refractivity contribution in [3.8, 4) is 0 Å². The summed E-state index contributed by atoms with van der Waals surface area (Å²) in [5.41, 5.74) is 2.53. The van der Waals surface area contributed by atoms with Gasteiger partial charge in [-0.25, -0.2) is 4.79 Å². The van der Waals surface area contributed by atoms with Crippen LogP contribution in [0, 0.1) is 5.41 Å². The number of carbonyl (C=O) groups is 1. The Kier molecular flexibility index (Phi) is 4.10. The second kappa shape index (κ2) is 6.40. The molecule has 2 amide bonds. The molecule has 126 valence electrons. The van der Waals surface area contributed by atoms with Crippen molar-refractivity contribution in [1.82, 2.24) is 15.6 Å². The number of hydrogen-bond donors (Lipinski definition) is 2. The zero-order valence-electron chi connectivity index (χ0n) is 13.8. The Hall–Kier alpha value is -2.14. The van der Waals surface area contributed by atoms with E-state index in [-0.39, 0.29) is 6.03 Å². The van der Waals surface area contributed by atoms with Gasteiger partial charge in [-0.2, -0.15) is 0 Å². The molecule has 1 aliphatic carbocycles. The van der Waals surface area contributed by atoms with E-state index in [2.05, 4.69) is 33.8 Å². The van der Waals surface area contributed by atoms with Crippen LogP contribution in [0.3, 0.4) is 0 Å². The van der Waals surface area contributed by atoms with Crippen LogP contribution in [0.15, 0.2) is 36.5 Å². The molecule has 24 heavy (non-hydrogen) atoms. The molecule has 1 aromatic carbocycles. The van der Waals surface area contributed by atoms with Crippen molar-refractivity contribution in [1.29, 1.82) is 0 Å². The Bertz CT molecular complexity index is 740. The molecule has 4 rings (SSSR count). The number of urea groups is 1. The minimum Gasteiger partial charge on any atom is -0.381 e. The molecule has 0 bridgehead atoms. The molecule has 1 aromatic heterocycles. The molecule has 5 nitrogen and oxygen atoms in total. The fraction of sp³-hybridized carbons (Fsp3) is 0.474. The summed E-state index contributed by atoms with van der Waals surface area (Å²) in [6, 6.07) is 10.5. The summed E-state index contributed by atoms with van der Waals surface area (Å²) < 4.78 is 5.41. The summed E-state index contributed by atoms with van der Waals surface area (Å²) in [6.45, 7) is 2.30. The van der Waals surface area contributed by atoms with Crippen LogP contribution in [0.25, 0.3) is 10.9 Å².